The number of carbonyl (C=O) groups excluding carboxylic acids is 1. The highest BCUT2D eigenvalue weighted by molar-refractivity contribution is 5.80. The number of benzene rings is 2. The quantitative estimate of drug-likeness (QED) is 0.261. The molecule has 4 fully saturated rings. The second kappa shape index (κ2) is 11.1. The zero-order valence-electron chi connectivity index (χ0n) is 27.8. The lowest BCUT2D eigenvalue weighted by molar-refractivity contribution is -0.207. The minimum absolute atomic E-state index is 0.0321. The van der Waals surface area contributed by atoms with E-state index in [9.17, 15) is 4.79 Å². The number of hydrogen-bond acceptors (Lipinski definition) is 2. The first-order valence-corrected chi connectivity index (χ1v) is 17.1. The third-order valence-electron chi connectivity index (χ3n) is 13.9. The Kier molecular flexibility index (Phi) is 7.84. The van der Waals surface area contributed by atoms with Crippen LogP contribution in [0, 0.1) is 45.3 Å². The monoisotopic (exact) mass is 578 g/mol. The highest BCUT2D eigenvalue weighted by atomic mass is 16.5. The van der Waals surface area contributed by atoms with Gasteiger partial charge < -0.3 is 4.74 Å². The third-order valence-corrected chi connectivity index (χ3v) is 13.9. The molecule has 43 heavy (non-hydrogen) atoms. The molecule has 2 nitrogen and oxygen atoms in total. The fourth-order valence-corrected chi connectivity index (χ4v) is 11.5. The largest absolute Gasteiger partial charge is 0.462 e. The number of esters is 1. The summed E-state index contributed by atoms with van der Waals surface area (Å²) in [5, 5.41) is 0. The predicted octanol–water partition coefficient (Wildman–Crippen LogP) is 10.7. The van der Waals surface area contributed by atoms with E-state index in [2.05, 4.69) is 114 Å². The number of allylic oxidation sites excluding steroid dienone is 3. The van der Waals surface area contributed by atoms with Gasteiger partial charge in [-0.1, -0.05) is 113 Å². The molecule has 0 spiro atoms. The molecule has 0 saturated heterocycles. The Balaban J connectivity index is 1.28. The Morgan fingerprint density at radius 1 is 0.698 bits per heavy atom. The lowest BCUT2D eigenvalue weighted by atomic mass is 9.38. The van der Waals surface area contributed by atoms with Crippen molar-refractivity contribution in [3.05, 3.63) is 89.5 Å². The lowest BCUT2D eigenvalue weighted by Crippen LogP contribution is -2.61. The number of carbonyl (C=O) groups is 1. The van der Waals surface area contributed by atoms with E-state index in [4.69, 9.17) is 4.74 Å². The minimum atomic E-state index is -0.119. The maximum atomic E-state index is 12.0. The summed E-state index contributed by atoms with van der Waals surface area (Å²) in [6.07, 6.45) is 15.0. The molecule has 8 atom stereocenters. The summed E-state index contributed by atoms with van der Waals surface area (Å²) in [7, 11) is 0. The van der Waals surface area contributed by atoms with Gasteiger partial charge in [-0.25, -0.2) is 0 Å². The fourth-order valence-electron chi connectivity index (χ4n) is 11.5. The summed E-state index contributed by atoms with van der Waals surface area (Å²) >= 11 is 0. The maximum absolute atomic E-state index is 12.0. The second-order valence-electron chi connectivity index (χ2n) is 16.0. The van der Waals surface area contributed by atoms with Crippen LogP contribution in [0.25, 0.3) is 5.57 Å². The first-order valence-electron chi connectivity index (χ1n) is 17.1. The zero-order chi connectivity index (χ0) is 30.6. The number of fused-ring (bicyclic) bond motifs is 5. The van der Waals surface area contributed by atoms with Crippen molar-refractivity contribution in [2.45, 2.75) is 106 Å². The summed E-state index contributed by atoms with van der Waals surface area (Å²) in [6.45, 7) is 16.8. The van der Waals surface area contributed by atoms with Crippen LogP contribution in [0.2, 0.25) is 0 Å². The van der Waals surface area contributed by atoms with Gasteiger partial charge in [0.25, 0.3) is 0 Å². The van der Waals surface area contributed by atoms with Gasteiger partial charge in [0.1, 0.15) is 6.10 Å². The molecule has 0 aromatic heterocycles. The molecule has 0 heterocycles. The Labute approximate surface area is 261 Å². The molecule has 2 aromatic carbocycles. The summed E-state index contributed by atoms with van der Waals surface area (Å²) in [6, 6.07) is 21.7. The van der Waals surface area contributed by atoms with Crippen molar-refractivity contribution < 1.29 is 9.53 Å². The maximum Gasteiger partial charge on any atom is 0.302 e. The van der Waals surface area contributed by atoms with Gasteiger partial charge >= 0.3 is 5.97 Å². The van der Waals surface area contributed by atoms with Crippen molar-refractivity contribution in [1.82, 2.24) is 0 Å². The van der Waals surface area contributed by atoms with E-state index in [0.717, 1.165) is 18.3 Å². The van der Waals surface area contributed by atoms with Crippen LogP contribution in [-0.2, 0) is 9.53 Å². The summed E-state index contributed by atoms with van der Waals surface area (Å²) < 4.78 is 5.93. The van der Waals surface area contributed by atoms with E-state index in [1.54, 1.807) is 12.5 Å². The average Bonchev–Trinajstić information content (AvgIpc) is 3.27. The number of rotatable bonds is 5. The van der Waals surface area contributed by atoms with E-state index in [-0.39, 0.29) is 17.5 Å². The van der Waals surface area contributed by atoms with E-state index < -0.39 is 0 Å². The van der Waals surface area contributed by atoms with Crippen molar-refractivity contribution in [2.24, 2.45) is 45.3 Å². The van der Waals surface area contributed by atoms with Crippen molar-refractivity contribution in [1.29, 1.82) is 0 Å². The molecule has 0 N–H and O–H groups in total. The Morgan fingerprint density at radius 2 is 1.30 bits per heavy atom. The van der Waals surface area contributed by atoms with Crippen molar-refractivity contribution in [3.63, 3.8) is 0 Å². The predicted molar refractivity (Wildman–Crippen MR) is 178 cm³/mol. The molecule has 230 valence electrons. The molecule has 8 unspecified atom stereocenters. The Bertz CT molecular complexity index is 1340. The molecule has 0 bridgehead atoms. The molecule has 6 rings (SSSR count). The van der Waals surface area contributed by atoms with Gasteiger partial charge in [0.05, 0.1) is 0 Å². The normalized spacial score (nSPS) is 38.3. The van der Waals surface area contributed by atoms with Gasteiger partial charge in [-0.05, 0) is 115 Å². The first-order chi connectivity index (χ1) is 20.4. The van der Waals surface area contributed by atoms with E-state index >= 15 is 0 Å². The molecule has 0 amide bonds. The smallest absolute Gasteiger partial charge is 0.302 e. The van der Waals surface area contributed by atoms with Crippen LogP contribution in [0.15, 0.2) is 78.4 Å². The molecule has 0 aliphatic heterocycles. The second-order valence-corrected chi connectivity index (χ2v) is 16.0. The summed E-state index contributed by atoms with van der Waals surface area (Å²) in [4.78, 5) is 12.0. The van der Waals surface area contributed by atoms with Gasteiger partial charge in [0.15, 0.2) is 0 Å². The molecular formula is C41H54O2. The standard InChI is InChI=1S/C41H54O2/c1-28(18-19-32(30-14-10-8-11-15-30)31-16-12-9-13-17-31)33-22-26-41(7)35-20-21-36-38(3,4)37(43-29(2)42)24-25-39(36,5)34(35)23-27-40(33,41)6/h8-19,33-37H,20-27H2,1-7H3. The first kappa shape index (κ1) is 30.4. The van der Waals surface area contributed by atoms with E-state index in [0.29, 0.717) is 28.1 Å². The lowest BCUT2D eigenvalue weighted by Gasteiger charge is -2.67. The molecule has 0 radical (unpaired) electrons. The molecule has 2 heteroatoms. The van der Waals surface area contributed by atoms with Gasteiger partial charge in [0.2, 0.25) is 0 Å². The zero-order valence-corrected chi connectivity index (χ0v) is 27.8. The SMILES string of the molecule is CC(=O)OC1CCC2(C)C3CCC4(C)C(C(C)=CC=C(c5ccccc5)c5ccccc5)CCC4(C)C3CCC2C1(C)C. The molecule has 4 aliphatic rings. The van der Waals surface area contributed by atoms with Crippen molar-refractivity contribution in [3.8, 4) is 0 Å². The minimum Gasteiger partial charge on any atom is -0.462 e. The molecule has 2 aromatic rings. The van der Waals surface area contributed by atoms with Crippen molar-refractivity contribution in [2.75, 3.05) is 0 Å². The van der Waals surface area contributed by atoms with Crippen LogP contribution in [-0.4, -0.2) is 12.1 Å². The van der Waals surface area contributed by atoms with Gasteiger partial charge in [-0.15, -0.1) is 0 Å². The van der Waals surface area contributed by atoms with Gasteiger partial charge in [0, 0.05) is 12.3 Å². The Morgan fingerprint density at radius 3 is 1.91 bits per heavy atom. The molecular weight excluding hydrogens is 524 g/mol. The summed E-state index contributed by atoms with van der Waals surface area (Å²) in [5.74, 6) is 2.68. The highest BCUT2D eigenvalue weighted by Gasteiger charge is 2.67. The van der Waals surface area contributed by atoms with E-state index in [1.165, 1.54) is 61.6 Å². The van der Waals surface area contributed by atoms with Crippen LogP contribution >= 0.6 is 0 Å². The average molecular weight is 579 g/mol. The third kappa shape index (κ3) is 4.87. The van der Waals surface area contributed by atoms with Crippen LogP contribution < -0.4 is 0 Å². The van der Waals surface area contributed by atoms with Gasteiger partial charge in [-0.3, -0.25) is 4.79 Å². The van der Waals surface area contributed by atoms with Gasteiger partial charge in [-0.2, -0.15) is 0 Å². The van der Waals surface area contributed by atoms with Crippen LogP contribution in [0.3, 0.4) is 0 Å². The van der Waals surface area contributed by atoms with E-state index in [1.807, 2.05) is 0 Å². The number of hydrogen-bond donors (Lipinski definition) is 0. The summed E-state index contributed by atoms with van der Waals surface area (Å²) in [5.41, 5.74) is 6.46. The number of ether oxygens (including phenoxy) is 1. The molecule has 4 saturated carbocycles. The van der Waals surface area contributed by atoms with Crippen molar-refractivity contribution >= 4 is 11.5 Å². The topological polar surface area (TPSA) is 26.3 Å². The van der Waals surface area contributed by atoms with Crippen LogP contribution in [0.1, 0.15) is 111 Å². The van der Waals surface area contributed by atoms with Crippen LogP contribution in [0.5, 0.6) is 0 Å². The van der Waals surface area contributed by atoms with Crippen LogP contribution in [0.4, 0.5) is 0 Å². The fraction of sp³-hybridized carbons (Fsp3) is 0.585. The Hall–Kier alpha value is -2.61. The highest BCUT2D eigenvalue weighted by Crippen LogP contribution is 2.74. The molecule has 4 aliphatic carbocycles.